The van der Waals surface area contributed by atoms with Crippen LogP contribution in [0.15, 0.2) is 24.3 Å². The molecule has 1 aromatic carbocycles. The number of hydrogen-bond donors (Lipinski definition) is 3. The maximum atomic E-state index is 10.3. The topological polar surface area (TPSA) is 124 Å². The summed E-state index contributed by atoms with van der Waals surface area (Å²) in [5.41, 5.74) is 5.85. The van der Waals surface area contributed by atoms with Crippen LogP contribution in [0.25, 0.3) is 0 Å². The number of benzene rings is 1. The zero-order valence-corrected chi connectivity index (χ0v) is 7.44. The van der Waals surface area contributed by atoms with Gasteiger partial charge in [0.15, 0.2) is 0 Å². The molecule has 1 aromatic rings. The minimum atomic E-state index is -4.44. The Morgan fingerprint density at radius 3 is 2.00 bits per heavy atom. The molecule has 0 atom stereocenters. The Bertz CT molecular complexity index is 311. The molecule has 0 aliphatic heterocycles. The van der Waals surface area contributed by atoms with E-state index in [0.717, 1.165) is 0 Å². The van der Waals surface area contributed by atoms with Gasteiger partial charge in [-0.25, -0.2) is 4.57 Å². The van der Waals surface area contributed by atoms with Gasteiger partial charge in [0.1, 0.15) is 5.75 Å². The van der Waals surface area contributed by atoms with Crippen LogP contribution in [0, 0.1) is 0 Å². The first-order chi connectivity index (χ1) is 5.47. The molecule has 14 heavy (non-hydrogen) atoms. The quantitative estimate of drug-likeness (QED) is 0.351. The Labute approximate surface area is 103 Å². The van der Waals surface area contributed by atoms with Crippen LogP contribution in [0.4, 0.5) is 5.69 Å². The van der Waals surface area contributed by atoms with Crippen molar-refractivity contribution in [3.63, 3.8) is 0 Å². The minimum absolute atomic E-state index is 0. The molecule has 0 radical (unpaired) electrons. The molecule has 0 aliphatic carbocycles. The Kier molecular flexibility index (Phi) is 7.50. The van der Waals surface area contributed by atoms with Crippen LogP contribution in [0.5, 0.6) is 5.75 Å². The number of rotatable bonds is 2. The molecule has 6 N–H and O–H groups in total. The molecule has 0 aliphatic rings. The fraction of sp³-hybridized carbons (Fsp3) is 0. The summed E-state index contributed by atoms with van der Waals surface area (Å²) in [7, 11) is -4.44. The fourth-order valence-electron chi connectivity index (χ4n) is 0.666. The van der Waals surface area contributed by atoms with Crippen molar-refractivity contribution in [2.75, 3.05) is 5.73 Å². The van der Waals surface area contributed by atoms with Gasteiger partial charge in [-0.2, -0.15) is 0 Å². The van der Waals surface area contributed by atoms with Crippen molar-refractivity contribution in [3.8, 4) is 5.75 Å². The summed E-state index contributed by atoms with van der Waals surface area (Å²) in [4.78, 5) is 16.8. The van der Waals surface area contributed by atoms with Crippen LogP contribution < -0.4 is 10.3 Å². The predicted molar refractivity (Wildman–Crippen MR) is 54.3 cm³/mol. The van der Waals surface area contributed by atoms with Crippen LogP contribution in [0.1, 0.15) is 0 Å². The van der Waals surface area contributed by atoms with Crippen LogP contribution >= 0.6 is 7.82 Å². The molecule has 0 aromatic heterocycles. The van der Waals surface area contributed by atoms with Crippen molar-refractivity contribution in [3.05, 3.63) is 24.3 Å². The second-order valence-corrected chi connectivity index (χ2v) is 3.31. The molecule has 0 spiro atoms. The summed E-state index contributed by atoms with van der Waals surface area (Å²) in [6.45, 7) is 0. The molecule has 0 unspecified atom stereocenters. The summed E-state index contributed by atoms with van der Waals surface area (Å²) in [5, 5.41) is 0. The Balaban J connectivity index is 0. The maximum absolute atomic E-state index is 10.3. The van der Waals surface area contributed by atoms with Gasteiger partial charge < -0.3 is 15.7 Å². The molecule has 0 fully saturated rings. The van der Waals surface area contributed by atoms with E-state index < -0.39 is 7.82 Å². The molecule has 0 bridgehead atoms. The van der Waals surface area contributed by atoms with Crippen molar-refractivity contribution in [1.82, 2.24) is 0 Å². The zero-order chi connectivity index (χ0) is 9.19. The number of phosphoric ester groups is 1. The van der Waals surface area contributed by atoms with E-state index in [0.29, 0.717) is 5.69 Å². The Morgan fingerprint density at radius 1 is 1.21 bits per heavy atom. The first-order valence-electron chi connectivity index (χ1n) is 3.08. The third-order valence-corrected chi connectivity index (χ3v) is 1.55. The second kappa shape index (κ2) is 6.42. The molecular formula is C6H11NNaO5P. The third-order valence-electron chi connectivity index (χ3n) is 1.10. The van der Waals surface area contributed by atoms with Gasteiger partial charge in [-0.15, -0.1) is 0 Å². The summed E-state index contributed by atoms with van der Waals surface area (Å²) in [6, 6.07) is 5.75. The summed E-state index contributed by atoms with van der Waals surface area (Å²) < 4.78 is 14.6. The number of nitrogen functional groups attached to an aromatic ring is 1. The van der Waals surface area contributed by atoms with Gasteiger partial charge in [-0.1, -0.05) is 0 Å². The van der Waals surface area contributed by atoms with Gasteiger partial charge in [-0.3, -0.25) is 9.79 Å². The zero-order valence-electron chi connectivity index (χ0n) is 6.54. The molecule has 6 nitrogen and oxygen atoms in total. The van der Waals surface area contributed by atoms with Crippen molar-refractivity contribution in [2.24, 2.45) is 0 Å². The first-order valence-corrected chi connectivity index (χ1v) is 4.61. The first kappa shape index (κ1) is 16.4. The average molecular weight is 231 g/mol. The van der Waals surface area contributed by atoms with Crippen LogP contribution in [0.2, 0.25) is 0 Å². The van der Waals surface area contributed by atoms with Gasteiger partial charge >= 0.3 is 37.4 Å². The second-order valence-electron chi connectivity index (χ2n) is 2.15. The molecular weight excluding hydrogens is 220 g/mol. The van der Waals surface area contributed by atoms with E-state index in [2.05, 4.69) is 4.52 Å². The van der Waals surface area contributed by atoms with Gasteiger partial charge in [-0.05, 0) is 24.3 Å². The molecule has 0 heterocycles. The van der Waals surface area contributed by atoms with Crippen molar-refractivity contribution >= 4 is 43.1 Å². The van der Waals surface area contributed by atoms with Crippen molar-refractivity contribution in [2.45, 2.75) is 0 Å². The number of nitrogens with two attached hydrogens (primary N) is 1. The molecule has 1 rings (SSSR count). The van der Waals surface area contributed by atoms with Crippen molar-refractivity contribution < 1.29 is 24.4 Å². The van der Waals surface area contributed by atoms with E-state index in [4.69, 9.17) is 15.5 Å². The molecule has 0 saturated carbocycles. The Morgan fingerprint density at radius 2 is 1.64 bits per heavy atom. The van der Waals surface area contributed by atoms with Gasteiger partial charge in [0.2, 0.25) is 0 Å². The SMILES string of the molecule is Nc1ccc(OP(=O)(O)O)cc1.O.[NaH]. The molecule has 0 amide bonds. The monoisotopic (exact) mass is 231 g/mol. The number of phosphoric acid groups is 1. The third kappa shape index (κ3) is 6.39. The number of hydrogen-bond acceptors (Lipinski definition) is 3. The van der Waals surface area contributed by atoms with Crippen LogP contribution in [0.3, 0.4) is 0 Å². The summed E-state index contributed by atoms with van der Waals surface area (Å²) in [6.07, 6.45) is 0. The van der Waals surface area contributed by atoms with Crippen molar-refractivity contribution in [1.29, 1.82) is 0 Å². The van der Waals surface area contributed by atoms with E-state index in [1.165, 1.54) is 24.3 Å². The van der Waals surface area contributed by atoms with E-state index in [1.807, 2.05) is 0 Å². The summed E-state index contributed by atoms with van der Waals surface area (Å²) >= 11 is 0. The average Bonchev–Trinajstić information content (AvgIpc) is 1.91. The van der Waals surface area contributed by atoms with Crippen LogP contribution in [-0.4, -0.2) is 44.8 Å². The van der Waals surface area contributed by atoms with E-state index in [-0.39, 0.29) is 40.8 Å². The Hall–Kier alpha value is -0.0700. The predicted octanol–water partition coefficient (Wildman–Crippen LogP) is -0.733. The van der Waals surface area contributed by atoms with E-state index in [9.17, 15) is 4.57 Å². The summed E-state index contributed by atoms with van der Waals surface area (Å²) in [5.74, 6) is 0.0949. The molecule has 0 saturated heterocycles. The fourth-order valence-corrected chi connectivity index (χ4v) is 1.06. The van der Waals surface area contributed by atoms with Gasteiger partial charge in [0, 0.05) is 5.69 Å². The van der Waals surface area contributed by atoms with Crippen LogP contribution in [-0.2, 0) is 4.57 Å². The van der Waals surface area contributed by atoms with E-state index in [1.54, 1.807) is 0 Å². The molecule has 76 valence electrons. The number of anilines is 1. The van der Waals surface area contributed by atoms with E-state index >= 15 is 0 Å². The van der Waals surface area contributed by atoms with Gasteiger partial charge in [0.05, 0.1) is 0 Å². The normalized spacial score (nSPS) is 9.57. The standard InChI is InChI=1S/C6H8NO4P.Na.H2O.H/c7-5-1-3-6(4-2-5)11-12(8,9)10;;;/h1-4H,7H2,(H2,8,9,10);;1H2;. The van der Waals surface area contributed by atoms with Gasteiger partial charge in [0.25, 0.3) is 0 Å². The molecule has 8 heteroatoms.